The summed E-state index contributed by atoms with van der Waals surface area (Å²) >= 11 is 3.50. The zero-order chi connectivity index (χ0) is 14.7. The molecule has 0 aromatic heterocycles. The molecule has 6 heteroatoms. The van der Waals surface area contributed by atoms with Crippen molar-refractivity contribution in [3.8, 4) is 0 Å². The van der Waals surface area contributed by atoms with Crippen LogP contribution in [0.5, 0.6) is 0 Å². The maximum atomic E-state index is 11.0. The lowest BCUT2D eigenvalue weighted by molar-refractivity contribution is -0.385. The Kier molecular flexibility index (Phi) is 4.99. The van der Waals surface area contributed by atoms with Gasteiger partial charge in [0, 0.05) is 35.2 Å². The number of benzene rings is 1. The van der Waals surface area contributed by atoms with E-state index in [1.807, 2.05) is 6.07 Å². The first-order valence-electron chi connectivity index (χ1n) is 6.96. The summed E-state index contributed by atoms with van der Waals surface area (Å²) in [6.45, 7) is 6.92. The molecule has 1 aliphatic rings. The van der Waals surface area contributed by atoms with Gasteiger partial charge in [0.15, 0.2) is 0 Å². The Hall–Kier alpha value is -1.14. The Labute approximate surface area is 127 Å². The van der Waals surface area contributed by atoms with Crippen LogP contribution < -0.4 is 10.2 Å². The monoisotopic (exact) mass is 341 g/mol. The Morgan fingerprint density at radius 3 is 2.85 bits per heavy atom. The maximum Gasteiger partial charge on any atom is 0.273 e. The van der Waals surface area contributed by atoms with Gasteiger partial charge in [0.2, 0.25) is 0 Å². The molecule has 1 unspecified atom stereocenters. The minimum Gasteiger partial charge on any atom is -0.366 e. The quantitative estimate of drug-likeness (QED) is 0.659. The van der Waals surface area contributed by atoms with E-state index in [1.165, 1.54) is 0 Å². The summed E-state index contributed by atoms with van der Waals surface area (Å²) in [6, 6.07) is 4.01. The Morgan fingerprint density at radius 2 is 2.30 bits per heavy atom. The van der Waals surface area contributed by atoms with Gasteiger partial charge in [-0.05, 0) is 48.3 Å². The first kappa shape index (κ1) is 15.3. The number of halogens is 1. The fourth-order valence-electron chi connectivity index (χ4n) is 2.72. The molecule has 0 bridgehead atoms. The van der Waals surface area contributed by atoms with Crippen LogP contribution in [0.25, 0.3) is 0 Å². The van der Waals surface area contributed by atoms with Crippen LogP contribution in [-0.2, 0) is 0 Å². The second-order valence-corrected chi connectivity index (χ2v) is 6.04. The topological polar surface area (TPSA) is 58.4 Å². The lowest BCUT2D eigenvalue weighted by Gasteiger charge is -2.31. The number of nitro benzene ring substituents is 1. The number of nitro groups is 1. The molecule has 1 fully saturated rings. The predicted octanol–water partition coefficient (Wildman–Crippen LogP) is 3.24. The molecule has 5 nitrogen and oxygen atoms in total. The molecule has 20 heavy (non-hydrogen) atoms. The van der Waals surface area contributed by atoms with Crippen LogP contribution in [-0.4, -0.2) is 30.6 Å². The molecule has 0 spiro atoms. The van der Waals surface area contributed by atoms with Gasteiger partial charge in [-0.15, -0.1) is 0 Å². The molecule has 0 radical (unpaired) electrons. The van der Waals surface area contributed by atoms with E-state index in [2.05, 4.69) is 33.1 Å². The van der Waals surface area contributed by atoms with Crippen molar-refractivity contribution in [1.82, 2.24) is 5.32 Å². The van der Waals surface area contributed by atoms with Crippen LogP contribution in [0.4, 0.5) is 11.4 Å². The normalized spacial score (nSPS) is 18.2. The highest BCUT2D eigenvalue weighted by atomic mass is 79.9. The van der Waals surface area contributed by atoms with Crippen molar-refractivity contribution in [2.75, 3.05) is 24.5 Å². The lowest BCUT2D eigenvalue weighted by atomic mass is 10.1. The third kappa shape index (κ3) is 3.12. The highest BCUT2D eigenvalue weighted by Gasteiger charge is 2.25. The van der Waals surface area contributed by atoms with Crippen molar-refractivity contribution in [2.45, 2.75) is 32.7 Å². The van der Waals surface area contributed by atoms with Gasteiger partial charge >= 0.3 is 0 Å². The van der Waals surface area contributed by atoms with E-state index < -0.39 is 0 Å². The minimum absolute atomic E-state index is 0.168. The molecule has 0 saturated carbocycles. The van der Waals surface area contributed by atoms with E-state index in [0.29, 0.717) is 11.6 Å². The van der Waals surface area contributed by atoms with Crippen molar-refractivity contribution in [2.24, 2.45) is 0 Å². The van der Waals surface area contributed by atoms with Crippen LogP contribution in [0, 0.1) is 17.0 Å². The van der Waals surface area contributed by atoms with Crippen molar-refractivity contribution in [3.05, 3.63) is 32.3 Å². The second-order valence-electron chi connectivity index (χ2n) is 5.19. The largest absolute Gasteiger partial charge is 0.366 e. The average Bonchev–Trinajstić information content (AvgIpc) is 2.92. The van der Waals surface area contributed by atoms with Crippen LogP contribution in [0.15, 0.2) is 16.6 Å². The van der Waals surface area contributed by atoms with E-state index in [0.717, 1.165) is 42.6 Å². The van der Waals surface area contributed by atoms with Gasteiger partial charge in [-0.3, -0.25) is 10.1 Å². The van der Waals surface area contributed by atoms with Gasteiger partial charge in [-0.25, -0.2) is 0 Å². The fraction of sp³-hybridized carbons (Fsp3) is 0.571. The number of anilines is 1. The van der Waals surface area contributed by atoms with Crippen molar-refractivity contribution >= 4 is 27.3 Å². The van der Waals surface area contributed by atoms with E-state index in [9.17, 15) is 10.1 Å². The van der Waals surface area contributed by atoms with Gasteiger partial charge in [-0.1, -0.05) is 6.92 Å². The summed E-state index contributed by atoms with van der Waals surface area (Å²) in [5, 5.41) is 14.4. The van der Waals surface area contributed by atoms with Gasteiger partial charge in [0.25, 0.3) is 5.69 Å². The molecular formula is C14H20BrN3O2. The van der Waals surface area contributed by atoms with Crippen LogP contribution >= 0.6 is 15.9 Å². The molecule has 0 amide bonds. The Morgan fingerprint density at radius 1 is 1.55 bits per heavy atom. The Bertz CT molecular complexity index is 501. The third-order valence-electron chi connectivity index (χ3n) is 3.71. The van der Waals surface area contributed by atoms with Gasteiger partial charge in [0.05, 0.1) is 10.6 Å². The summed E-state index contributed by atoms with van der Waals surface area (Å²) in [5.74, 6) is 0. The molecule has 1 N–H and O–H groups in total. The Balaban J connectivity index is 2.37. The van der Waals surface area contributed by atoms with E-state index in [4.69, 9.17) is 0 Å². The zero-order valence-electron chi connectivity index (χ0n) is 11.9. The van der Waals surface area contributed by atoms with E-state index >= 15 is 0 Å². The molecule has 2 rings (SSSR count). The molecule has 1 saturated heterocycles. The number of hydrogen-bond donors (Lipinski definition) is 1. The number of hydrogen-bond acceptors (Lipinski definition) is 4. The van der Waals surface area contributed by atoms with Crippen molar-refractivity contribution in [1.29, 1.82) is 0 Å². The zero-order valence-corrected chi connectivity index (χ0v) is 13.4. The standard InChI is InChI=1S/C14H20BrN3O2/c1-3-6-17(11-4-5-16-9-11)14-7-10(2)13(18(19)20)8-12(14)15/h7-8,11,16H,3-6,9H2,1-2H3. The van der Waals surface area contributed by atoms with E-state index in [1.54, 1.807) is 13.0 Å². The van der Waals surface area contributed by atoms with E-state index in [-0.39, 0.29) is 10.6 Å². The SMILES string of the molecule is CCCN(c1cc(C)c([N+](=O)[O-])cc1Br)C1CCNC1. The average molecular weight is 342 g/mol. The molecule has 110 valence electrons. The molecule has 1 aromatic carbocycles. The summed E-state index contributed by atoms with van der Waals surface area (Å²) in [5.41, 5.74) is 1.94. The summed E-state index contributed by atoms with van der Waals surface area (Å²) in [4.78, 5) is 13.0. The highest BCUT2D eigenvalue weighted by molar-refractivity contribution is 9.10. The summed E-state index contributed by atoms with van der Waals surface area (Å²) in [6.07, 6.45) is 2.17. The molecule has 1 heterocycles. The number of rotatable bonds is 5. The molecular weight excluding hydrogens is 322 g/mol. The second kappa shape index (κ2) is 6.54. The third-order valence-corrected chi connectivity index (χ3v) is 4.35. The lowest BCUT2D eigenvalue weighted by Crippen LogP contribution is -2.37. The molecule has 1 aromatic rings. The number of aryl methyl sites for hydroxylation is 1. The molecule has 0 aliphatic carbocycles. The van der Waals surface area contributed by atoms with Gasteiger partial charge in [-0.2, -0.15) is 0 Å². The number of nitrogens with zero attached hydrogens (tertiary/aromatic N) is 2. The van der Waals surface area contributed by atoms with Gasteiger partial charge in [0.1, 0.15) is 0 Å². The van der Waals surface area contributed by atoms with Crippen LogP contribution in [0.1, 0.15) is 25.3 Å². The maximum absolute atomic E-state index is 11.0. The first-order valence-corrected chi connectivity index (χ1v) is 7.75. The highest BCUT2D eigenvalue weighted by Crippen LogP contribution is 2.35. The first-order chi connectivity index (χ1) is 9.54. The van der Waals surface area contributed by atoms with Crippen LogP contribution in [0.3, 0.4) is 0 Å². The smallest absolute Gasteiger partial charge is 0.273 e. The summed E-state index contributed by atoms with van der Waals surface area (Å²) in [7, 11) is 0. The predicted molar refractivity (Wildman–Crippen MR) is 84.4 cm³/mol. The summed E-state index contributed by atoms with van der Waals surface area (Å²) < 4.78 is 0.801. The van der Waals surface area contributed by atoms with Gasteiger partial charge < -0.3 is 10.2 Å². The molecule has 1 aliphatic heterocycles. The minimum atomic E-state index is -0.328. The number of nitrogens with one attached hydrogen (secondary N) is 1. The van der Waals surface area contributed by atoms with Crippen molar-refractivity contribution < 1.29 is 4.92 Å². The van der Waals surface area contributed by atoms with Crippen LogP contribution in [0.2, 0.25) is 0 Å². The fourth-order valence-corrected chi connectivity index (χ4v) is 3.28. The molecule has 1 atom stereocenters. The van der Waals surface area contributed by atoms with Crippen molar-refractivity contribution in [3.63, 3.8) is 0 Å².